The van der Waals surface area contributed by atoms with Crippen LogP contribution in [0.2, 0.25) is 0 Å². The molecule has 1 unspecified atom stereocenters. The molecule has 0 spiro atoms. The fourth-order valence-corrected chi connectivity index (χ4v) is 3.13. The van der Waals surface area contributed by atoms with Crippen LogP contribution in [-0.4, -0.2) is 36.2 Å². The highest BCUT2D eigenvalue weighted by Crippen LogP contribution is 2.21. The minimum Gasteiger partial charge on any atom is -0.379 e. The zero-order valence-corrected chi connectivity index (χ0v) is 13.1. The lowest BCUT2D eigenvalue weighted by Crippen LogP contribution is -2.35. The average Bonchev–Trinajstić information content (AvgIpc) is 3.05. The molecule has 1 aromatic heterocycles. The predicted octanol–water partition coefficient (Wildman–Crippen LogP) is 3.15. The van der Waals surface area contributed by atoms with Crippen LogP contribution in [0.1, 0.15) is 23.5 Å². The number of anilines is 1. The van der Waals surface area contributed by atoms with Crippen LogP contribution in [0.25, 0.3) is 0 Å². The second-order valence-electron chi connectivity index (χ2n) is 5.32. The van der Waals surface area contributed by atoms with Gasteiger partial charge in [-0.05, 0) is 24.6 Å². The van der Waals surface area contributed by atoms with E-state index in [1.54, 1.807) is 11.3 Å². The fraction of sp³-hybridized carbons (Fsp3) is 0.438. The Morgan fingerprint density at radius 3 is 2.71 bits per heavy atom. The van der Waals surface area contributed by atoms with Crippen LogP contribution in [0, 0.1) is 0 Å². The lowest BCUT2D eigenvalue weighted by atomic mass is 10.1. The van der Waals surface area contributed by atoms with Crippen molar-refractivity contribution in [1.82, 2.24) is 9.88 Å². The number of nitrogens with zero attached hydrogens (tertiary/aromatic N) is 2. The molecule has 5 heteroatoms. The van der Waals surface area contributed by atoms with Crippen molar-refractivity contribution in [3.05, 3.63) is 46.4 Å². The van der Waals surface area contributed by atoms with E-state index in [4.69, 9.17) is 4.74 Å². The summed E-state index contributed by atoms with van der Waals surface area (Å²) in [6.45, 7) is 6.91. The molecule has 1 atom stereocenters. The molecular weight excluding hydrogens is 282 g/mol. The van der Waals surface area contributed by atoms with E-state index in [-0.39, 0.29) is 6.04 Å². The van der Waals surface area contributed by atoms with Gasteiger partial charge < -0.3 is 10.1 Å². The van der Waals surface area contributed by atoms with Gasteiger partial charge in [-0.3, -0.25) is 4.90 Å². The van der Waals surface area contributed by atoms with Gasteiger partial charge in [0.2, 0.25) is 0 Å². The van der Waals surface area contributed by atoms with Crippen LogP contribution in [0.4, 0.5) is 5.69 Å². The van der Waals surface area contributed by atoms with Gasteiger partial charge in [-0.25, -0.2) is 4.98 Å². The molecule has 0 saturated carbocycles. The number of thiazole rings is 1. The van der Waals surface area contributed by atoms with Crippen molar-refractivity contribution < 1.29 is 4.74 Å². The highest BCUT2D eigenvalue weighted by atomic mass is 32.1. The Balaban J connectivity index is 1.56. The molecule has 1 aliphatic rings. The Kier molecular flexibility index (Phi) is 4.85. The van der Waals surface area contributed by atoms with E-state index in [0.29, 0.717) is 0 Å². The molecule has 0 radical (unpaired) electrons. The third-order valence-corrected chi connectivity index (χ3v) is 4.63. The number of rotatable bonds is 5. The molecule has 0 aliphatic carbocycles. The number of morpholine rings is 1. The first-order chi connectivity index (χ1) is 10.3. The summed E-state index contributed by atoms with van der Waals surface area (Å²) in [5.74, 6) is 0. The highest BCUT2D eigenvalue weighted by Gasteiger charge is 2.11. The molecule has 112 valence electrons. The normalized spacial score (nSPS) is 17.6. The van der Waals surface area contributed by atoms with Crippen LogP contribution in [0.3, 0.4) is 0 Å². The van der Waals surface area contributed by atoms with Crippen LogP contribution < -0.4 is 5.32 Å². The largest absolute Gasteiger partial charge is 0.379 e. The van der Waals surface area contributed by atoms with E-state index in [9.17, 15) is 0 Å². The summed E-state index contributed by atoms with van der Waals surface area (Å²) in [5.41, 5.74) is 2.49. The first kappa shape index (κ1) is 14.5. The lowest BCUT2D eigenvalue weighted by Gasteiger charge is -2.26. The van der Waals surface area contributed by atoms with Gasteiger partial charge in [0.05, 0.1) is 19.3 Å². The first-order valence-electron chi connectivity index (χ1n) is 7.36. The van der Waals surface area contributed by atoms with Gasteiger partial charge >= 0.3 is 0 Å². The van der Waals surface area contributed by atoms with Gasteiger partial charge in [-0.1, -0.05) is 12.1 Å². The van der Waals surface area contributed by atoms with Crippen molar-refractivity contribution in [2.24, 2.45) is 0 Å². The van der Waals surface area contributed by atoms with Gasteiger partial charge in [0.1, 0.15) is 5.01 Å². The molecule has 0 bridgehead atoms. The summed E-state index contributed by atoms with van der Waals surface area (Å²) in [6, 6.07) is 8.95. The van der Waals surface area contributed by atoms with Crippen molar-refractivity contribution in [2.45, 2.75) is 19.5 Å². The lowest BCUT2D eigenvalue weighted by molar-refractivity contribution is 0.0342. The maximum atomic E-state index is 5.38. The quantitative estimate of drug-likeness (QED) is 0.921. The van der Waals surface area contributed by atoms with Crippen LogP contribution >= 0.6 is 11.3 Å². The van der Waals surface area contributed by atoms with Crippen LogP contribution in [0.15, 0.2) is 35.8 Å². The molecule has 21 heavy (non-hydrogen) atoms. The molecule has 1 aromatic carbocycles. The number of benzene rings is 1. The summed E-state index contributed by atoms with van der Waals surface area (Å²) in [7, 11) is 0. The standard InChI is InChI=1S/C16H21N3OS/c1-13(16-17-6-11-21-16)18-15-4-2-14(3-5-15)12-19-7-9-20-10-8-19/h2-6,11,13,18H,7-10,12H2,1H3. The summed E-state index contributed by atoms with van der Waals surface area (Å²) in [6.07, 6.45) is 1.85. The molecule has 1 N–H and O–H groups in total. The average molecular weight is 303 g/mol. The molecule has 3 rings (SSSR count). The zero-order chi connectivity index (χ0) is 14.5. The van der Waals surface area contributed by atoms with Crippen LogP contribution in [-0.2, 0) is 11.3 Å². The van der Waals surface area contributed by atoms with Crippen molar-refractivity contribution >= 4 is 17.0 Å². The van der Waals surface area contributed by atoms with Crippen molar-refractivity contribution in [3.8, 4) is 0 Å². The number of nitrogens with one attached hydrogen (secondary N) is 1. The molecule has 1 aliphatic heterocycles. The number of hydrogen-bond donors (Lipinski definition) is 1. The Hall–Kier alpha value is -1.43. The maximum Gasteiger partial charge on any atom is 0.115 e. The van der Waals surface area contributed by atoms with E-state index in [1.807, 2.05) is 11.6 Å². The molecular formula is C16H21N3OS. The molecule has 4 nitrogen and oxygen atoms in total. The first-order valence-corrected chi connectivity index (χ1v) is 8.24. The fourth-order valence-electron chi connectivity index (χ4n) is 2.48. The van der Waals surface area contributed by atoms with Gasteiger partial charge in [-0.2, -0.15) is 0 Å². The Morgan fingerprint density at radius 2 is 2.05 bits per heavy atom. The smallest absolute Gasteiger partial charge is 0.115 e. The maximum absolute atomic E-state index is 5.38. The van der Waals surface area contributed by atoms with E-state index < -0.39 is 0 Å². The molecule has 1 fully saturated rings. The Labute approximate surface area is 129 Å². The molecule has 2 heterocycles. The second-order valence-corrected chi connectivity index (χ2v) is 6.25. The molecule has 0 amide bonds. The van der Waals surface area contributed by atoms with Gasteiger partial charge in [0, 0.05) is 36.9 Å². The van der Waals surface area contributed by atoms with E-state index in [0.717, 1.165) is 43.5 Å². The molecule has 2 aromatic rings. The SMILES string of the molecule is CC(Nc1ccc(CN2CCOCC2)cc1)c1nccs1. The molecule has 1 saturated heterocycles. The Bertz CT molecular complexity index is 535. The minimum absolute atomic E-state index is 0.245. The number of ether oxygens (including phenoxy) is 1. The van der Waals surface area contributed by atoms with Gasteiger partial charge in [0.25, 0.3) is 0 Å². The second kappa shape index (κ2) is 7.02. The third-order valence-electron chi connectivity index (χ3n) is 3.67. The van der Waals surface area contributed by atoms with E-state index in [1.165, 1.54) is 5.56 Å². The summed E-state index contributed by atoms with van der Waals surface area (Å²) in [5, 5.41) is 6.62. The summed E-state index contributed by atoms with van der Waals surface area (Å²) in [4.78, 5) is 6.78. The van der Waals surface area contributed by atoms with E-state index >= 15 is 0 Å². The Morgan fingerprint density at radius 1 is 1.29 bits per heavy atom. The van der Waals surface area contributed by atoms with Gasteiger partial charge in [-0.15, -0.1) is 11.3 Å². The van der Waals surface area contributed by atoms with Crippen molar-refractivity contribution in [2.75, 3.05) is 31.6 Å². The minimum atomic E-state index is 0.245. The van der Waals surface area contributed by atoms with E-state index in [2.05, 4.69) is 46.4 Å². The monoisotopic (exact) mass is 303 g/mol. The van der Waals surface area contributed by atoms with Crippen LogP contribution in [0.5, 0.6) is 0 Å². The summed E-state index contributed by atoms with van der Waals surface area (Å²) < 4.78 is 5.38. The van der Waals surface area contributed by atoms with Gasteiger partial charge in [0.15, 0.2) is 0 Å². The van der Waals surface area contributed by atoms with Crippen molar-refractivity contribution in [1.29, 1.82) is 0 Å². The topological polar surface area (TPSA) is 37.4 Å². The summed E-state index contributed by atoms with van der Waals surface area (Å²) >= 11 is 1.68. The predicted molar refractivity (Wildman–Crippen MR) is 86.7 cm³/mol. The van der Waals surface area contributed by atoms with Crippen molar-refractivity contribution in [3.63, 3.8) is 0 Å². The zero-order valence-electron chi connectivity index (χ0n) is 12.3. The number of hydrogen-bond acceptors (Lipinski definition) is 5. The highest BCUT2D eigenvalue weighted by molar-refractivity contribution is 7.09. The number of aromatic nitrogens is 1. The third kappa shape index (κ3) is 4.03.